The maximum Gasteiger partial charge on any atom is 0.0726 e. The summed E-state index contributed by atoms with van der Waals surface area (Å²) in [5.74, 6) is 0. The predicted octanol–water partition coefficient (Wildman–Crippen LogP) is 18.0. The molecule has 0 radical (unpaired) electrons. The molecule has 0 aromatic heterocycles. The second kappa shape index (κ2) is 15.0. The van der Waals surface area contributed by atoms with E-state index in [1.165, 1.54) is 17.7 Å². The molecule has 0 bridgehead atoms. The molecule has 1 heteroatoms. The fourth-order valence-corrected chi connectivity index (χ4v) is 10.8. The maximum atomic E-state index is 10.8. The quantitative estimate of drug-likeness (QED) is 0.161. The molecule has 3 aliphatic rings. The summed E-state index contributed by atoms with van der Waals surface area (Å²) in [6.07, 6.45) is 0. The van der Waals surface area contributed by atoms with Crippen LogP contribution < -0.4 is 4.90 Å². The van der Waals surface area contributed by atoms with Crippen molar-refractivity contribution in [2.45, 2.75) is 24.7 Å². The van der Waals surface area contributed by atoms with Gasteiger partial charge in [0, 0.05) is 22.5 Å². The molecule has 11 aromatic rings. The van der Waals surface area contributed by atoms with Crippen LogP contribution >= 0.6 is 0 Å². The number of nitrogens with zero attached hydrogens (tertiary/aromatic N) is 1. The van der Waals surface area contributed by atoms with E-state index in [-0.39, 0.29) is 11.1 Å². The Morgan fingerprint density at radius 1 is 0.348 bits per heavy atom. The van der Waals surface area contributed by atoms with E-state index in [0.29, 0.717) is 5.56 Å². The summed E-state index contributed by atoms with van der Waals surface area (Å²) in [6.45, 7) is 4.36. The van der Waals surface area contributed by atoms with E-state index in [4.69, 9.17) is 15.1 Å². The number of hydrogen-bond donors (Lipinski definition) is 0. The van der Waals surface area contributed by atoms with Gasteiger partial charge in [-0.2, -0.15) is 0 Å². The molecular weight excluding hydrogens is 831 g/mol. The van der Waals surface area contributed by atoms with E-state index < -0.39 is 217 Å². The SMILES string of the molecule is [2H]c1c([2H])c([2H])c(-c2c([2H])c([2H])c(N(c3ccc(-c4ccc5ccccc5c4-c4ccc5c(c4)C(C)(C)c4ccccc4-5)cc3)c3c([2H])c([2H])c4c(c3[2H])C3(c5c([2H])c([2H])c([2H])c([2H])c5-c5c([2H])c([2H])c([2H])c([2H])c53)c3c([2H])c([2H])c([2H])c([2H])c3-4)c([2H])c2[2H])c([2H])c1[2H]. The van der Waals surface area contributed by atoms with Gasteiger partial charge in [0.25, 0.3) is 0 Å². The third kappa shape index (κ3) is 5.71. The minimum atomic E-state index is -2.79. The molecule has 0 fully saturated rings. The molecule has 0 saturated carbocycles. The zero-order chi connectivity index (χ0) is 66.7. The molecule has 0 amide bonds. The van der Waals surface area contributed by atoms with Crippen LogP contribution in [0.4, 0.5) is 17.1 Å². The van der Waals surface area contributed by atoms with Crippen LogP contribution in [-0.2, 0) is 10.8 Å². The van der Waals surface area contributed by atoms with Crippen LogP contribution in [0.1, 0.15) is 80.1 Å². The largest absolute Gasteiger partial charge is 0.310 e. The fraction of sp³-hybridized carbons (Fsp3) is 0.0588. The first kappa shape index (κ1) is 22.5. The highest BCUT2D eigenvalue weighted by Gasteiger charge is 2.51. The standard InChI is InChI=1S/C68H47N/c1-67(2)60-24-12-8-20-54(60)58-40-33-48(42-64(58)67)66-52-19-7-6-18-46(52)32-39-53(66)47-30-36-50(37-31-47)69(49-34-28-45(29-35-49)44-16-4-3-5-17-44)51-38-41-59-57-23-11-15-27-63(57)68(65(59)43-51)61-25-13-9-21-55(61)56-22-10-14-26-62(56)68/h3-43H,1-2H3/i3D,4D,5D,9D,10D,11D,13D,14D,15D,16D,17D,21D,22D,23D,25D,26D,27D,28D,29D,34D,35D,38D,41D,43D. The minimum absolute atomic E-state index is 0.110. The lowest BCUT2D eigenvalue weighted by Crippen LogP contribution is -2.26. The second-order valence-electron chi connectivity index (χ2n) is 17.7. The van der Waals surface area contributed by atoms with E-state index in [9.17, 15) is 17.8 Å². The highest BCUT2D eigenvalue weighted by molar-refractivity contribution is 6.05. The zero-order valence-electron chi connectivity index (χ0n) is 60.8. The summed E-state index contributed by atoms with van der Waals surface area (Å²) in [5, 5.41) is 1.83. The van der Waals surface area contributed by atoms with Crippen molar-refractivity contribution < 1.29 is 32.9 Å². The van der Waals surface area contributed by atoms with E-state index in [1.54, 1.807) is 12.1 Å². The van der Waals surface area contributed by atoms with E-state index in [2.05, 4.69) is 44.2 Å². The first-order chi connectivity index (χ1) is 44.0. The van der Waals surface area contributed by atoms with Crippen molar-refractivity contribution in [2.24, 2.45) is 0 Å². The average Bonchev–Trinajstić information content (AvgIpc) is 1.48. The Morgan fingerprint density at radius 2 is 0.899 bits per heavy atom. The molecule has 69 heavy (non-hydrogen) atoms. The van der Waals surface area contributed by atoms with Gasteiger partial charge in [-0.3, -0.25) is 0 Å². The van der Waals surface area contributed by atoms with E-state index in [0.717, 1.165) is 49.1 Å². The first-order valence-corrected chi connectivity index (χ1v) is 22.3. The summed E-state index contributed by atoms with van der Waals surface area (Å²) >= 11 is 0. The number of benzene rings is 11. The van der Waals surface area contributed by atoms with Gasteiger partial charge in [-0.05, 0) is 153 Å². The lowest BCUT2D eigenvalue weighted by Gasteiger charge is -2.32. The van der Waals surface area contributed by atoms with Crippen LogP contribution in [0.15, 0.2) is 248 Å². The van der Waals surface area contributed by atoms with Crippen LogP contribution in [0.2, 0.25) is 0 Å². The molecule has 0 heterocycles. The van der Waals surface area contributed by atoms with Gasteiger partial charge in [0.05, 0.1) is 38.3 Å². The van der Waals surface area contributed by atoms with Crippen LogP contribution in [0.5, 0.6) is 0 Å². The molecule has 14 rings (SSSR count). The molecule has 0 saturated heterocycles. The lowest BCUT2D eigenvalue weighted by atomic mass is 9.70. The summed E-state index contributed by atoms with van der Waals surface area (Å²) in [6, 6.07) is 11.7. The molecule has 3 aliphatic carbocycles. The Bertz CT molecular complexity index is 5150. The first-order valence-electron chi connectivity index (χ1n) is 34.3. The third-order valence-electron chi connectivity index (χ3n) is 13.9. The van der Waals surface area contributed by atoms with Crippen molar-refractivity contribution >= 4 is 27.8 Å². The molecule has 0 atom stereocenters. The summed E-state index contributed by atoms with van der Waals surface area (Å²) in [4.78, 5) is 0.976. The molecule has 0 aliphatic heterocycles. The van der Waals surface area contributed by atoms with E-state index >= 15 is 0 Å². The Morgan fingerprint density at radius 3 is 1.61 bits per heavy atom. The molecule has 0 unspecified atom stereocenters. The molecule has 1 spiro atoms. The zero-order valence-corrected chi connectivity index (χ0v) is 36.8. The minimum Gasteiger partial charge on any atom is -0.310 e. The van der Waals surface area contributed by atoms with Gasteiger partial charge in [-0.25, -0.2) is 0 Å². The predicted molar refractivity (Wildman–Crippen MR) is 289 cm³/mol. The number of hydrogen-bond acceptors (Lipinski definition) is 1. The second-order valence-corrected chi connectivity index (χ2v) is 17.7. The van der Waals surface area contributed by atoms with Gasteiger partial charge >= 0.3 is 0 Å². The Kier molecular flexibility index (Phi) is 4.89. The average molecular weight is 902 g/mol. The highest BCUT2D eigenvalue weighted by atomic mass is 15.1. The summed E-state index contributed by atoms with van der Waals surface area (Å²) < 4.78 is 225. The van der Waals surface area contributed by atoms with Gasteiger partial charge in [-0.15, -0.1) is 0 Å². The Balaban J connectivity index is 1.10. The van der Waals surface area contributed by atoms with Crippen LogP contribution in [0.25, 0.3) is 77.5 Å². The Hall–Kier alpha value is -8.52. The van der Waals surface area contributed by atoms with Crippen molar-refractivity contribution in [1.29, 1.82) is 0 Å². The van der Waals surface area contributed by atoms with Gasteiger partial charge in [0.1, 0.15) is 0 Å². The molecular formula is C68H47N. The van der Waals surface area contributed by atoms with Gasteiger partial charge < -0.3 is 4.90 Å². The van der Waals surface area contributed by atoms with Crippen LogP contribution in [-0.4, -0.2) is 0 Å². The van der Waals surface area contributed by atoms with Crippen LogP contribution in [0.3, 0.4) is 0 Å². The van der Waals surface area contributed by atoms with Gasteiger partial charge in [-0.1, -0.05) is 220 Å². The van der Waals surface area contributed by atoms with E-state index in [1.807, 2.05) is 48.5 Å². The molecule has 0 N–H and O–H groups in total. The van der Waals surface area contributed by atoms with Gasteiger partial charge in [0.15, 0.2) is 0 Å². The van der Waals surface area contributed by atoms with Crippen molar-refractivity contribution in [2.75, 3.05) is 4.90 Å². The van der Waals surface area contributed by atoms with Crippen molar-refractivity contribution in [3.63, 3.8) is 0 Å². The Labute approximate surface area is 438 Å². The topological polar surface area (TPSA) is 3.24 Å². The van der Waals surface area contributed by atoms with Crippen LogP contribution in [0, 0.1) is 0 Å². The van der Waals surface area contributed by atoms with Crippen molar-refractivity contribution in [1.82, 2.24) is 0 Å². The maximum absolute atomic E-state index is 10.8. The smallest absolute Gasteiger partial charge is 0.0726 e. The summed E-state index contributed by atoms with van der Waals surface area (Å²) in [7, 11) is 0. The van der Waals surface area contributed by atoms with Crippen molar-refractivity contribution in [3.8, 4) is 66.8 Å². The summed E-state index contributed by atoms with van der Waals surface area (Å²) in [5.41, 5.74) is -2.96. The normalized spacial score (nSPS) is 18.8. The fourth-order valence-electron chi connectivity index (χ4n) is 10.8. The third-order valence-corrected chi connectivity index (χ3v) is 13.9. The molecule has 11 aromatic carbocycles. The molecule has 324 valence electrons. The highest BCUT2D eigenvalue weighted by Crippen LogP contribution is 2.63. The van der Waals surface area contributed by atoms with Gasteiger partial charge in [0.2, 0.25) is 0 Å². The number of fused-ring (bicyclic) bond motifs is 14. The molecule has 1 nitrogen and oxygen atoms in total. The number of rotatable bonds is 6. The lowest BCUT2D eigenvalue weighted by molar-refractivity contribution is 0.660. The monoisotopic (exact) mass is 902 g/mol. The van der Waals surface area contributed by atoms with Crippen molar-refractivity contribution in [3.05, 3.63) is 282 Å². The number of anilines is 3.